The van der Waals surface area contributed by atoms with Gasteiger partial charge in [-0.3, -0.25) is 28.8 Å². The third-order valence-corrected chi connectivity index (χ3v) is 11.4. The first-order valence-corrected chi connectivity index (χ1v) is 23.4. The van der Waals surface area contributed by atoms with Gasteiger partial charge in [0.2, 0.25) is 0 Å². The molecule has 0 spiro atoms. The van der Waals surface area contributed by atoms with Crippen LogP contribution in [0.25, 0.3) is 0 Å². The van der Waals surface area contributed by atoms with Gasteiger partial charge in [-0.15, -0.1) is 0 Å². The van der Waals surface area contributed by atoms with Gasteiger partial charge in [0.15, 0.2) is 12.2 Å². The number of epoxide rings is 1. The summed E-state index contributed by atoms with van der Waals surface area (Å²) >= 11 is 0. The number of aliphatic hydroxyl groups is 6. The van der Waals surface area contributed by atoms with Gasteiger partial charge < -0.3 is 82.7 Å². The van der Waals surface area contributed by atoms with Gasteiger partial charge in [0, 0.05) is 18.3 Å². The molecule has 69 heavy (non-hydrogen) atoms. The molecular weight excluding hydrogens is 920 g/mol. The number of cyclic esters (lactones) is 2. The topological polar surface area (TPSA) is 329 Å². The van der Waals surface area contributed by atoms with E-state index in [1.54, 1.807) is 39.8 Å². The van der Waals surface area contributed by atoms with Crippen LogP contribution in [-0.4, -0.2) is 205 Å². The maximum atomic E-state index is 13.5. The molecule has 398 valence electrons. The van der Waals surface area contributed by atoms with Gasteiger partial charge in [-0.2, -0.15) is 0 Å². The molecule has 0 aromatic heterocycles. The maximum absolute atomic E-state index is 13.5. The molecule has 0 aromatic rings. The standard InChI is InChI=1S/C46H76O23/c1-9-11-25(3)44(58)46(64-27(5)33(51)16-39(53)59-14-12-47)37-20-43(57)67-32(22-50)24-62-41(55)19-36(69-37)29(7)63-28(6)35(18-40(54)60-15-13-48)68-34(26(4)45-30(8)65-45)17-42(56)66-31(21-49)23-61-38(52)10-2/h9,11,25-37,44-51,58H,10,12-24H2,1-8H3. The van der Waals surface area contributed by atoms with E-state index in [1.165, 1.54) is 20.8 Å². The lowest BCUT2D eigenvalue weighted by Crippen LogP contribution is -2.51. The van der Waals surface area contributed by atoms with E-state index in [9.17, 15) is 54.3 Å². The van der Waals surface area contributed by atoms with Gasteiger partial charge in [-0.05, 0) is 34.6 Å². The third-order valence-electron chi connectivity index (χ3n) is 11.4. The molecule has 16 unspecified atom stereocenters. The first kappa shape index (κ1) is 61.2. The molecule has 0 bridgehead atoms. The molecule has 2 heterocycles. The third kappa shape index (κ3) is 22.4. The van der Waals surface area contributed by atoms with Crippen LogP contribution in [0, 0.1) is 11.8 Å². The Bertz CT molecular complexity index is 1590. The Labute approximate surface area is 402 Å². The Kier molecular flexibility index (Phi) is 28.5. The Morgan fingerprint density at radius 2 is 1.36 bits per heavy atom. The predicted octanol–water partition coefficient (Wildman–Crippen LogP) is -0.242. The van der Waals surface area contributed by atoms with Gasteiger partial charge in [-0.25, -0.2) is 0 Å². The highest BCUT2D eigenvalue weighted by atomic mass is 16.6. The van der Waals surface area contributed by atoms with Gasteiger partial charge >= 0.3 is 35.8 Å². The van der Waals surface area contributed by atoms with E-state index in [-0.39, 0.29) is 31.8 Å². The van der Waals surface area contributed by atoms with Gasteiger partial charge in [0.1, 0.15) is 32.5 Å². The number of aliphatic hydroxyl groups excluding tert-OH is 6. The minimum absolute atomic E-state index is 0.0597. The second-order valence-corrected chi connectivity index (χ2v) is 17.1. The summed E-state index contributed by atoms with van der Waals surface area (Å²) in [5.74, 6) is -6.06. The van der Waals surface area contributed by atoms with Crippen molar-refractivity contribution in [1.82, 2.24) is 0 Å². The monoisotopic (exact) mass is 996 g/mol. The van der Waals surface area contributed by atoms with Crippen LogP contribution in [0.1, 0.15) is 93.9 Å². The minimum atomic E-state index is -1.52. The summed E-state index contributed by atoms with van der Waals surface area (Å²) in [6, 6.07) is 0. The lowest BCUT2D eigenvalue weighted by Gasteiger charge is -2.39. The smallest absolute Gasteiger partial charge is 0.309 e. The lowest BCUT2D eigenvalue weighted by molar-refractivity contribution is -0.210. The maximum Gasteiger partial charge on any atom is 0.309 e. The summed E-state index contributed by atoms with van der Waals surface area (Å²) in [6.07, 6.45) is -15.4. The number of hydrogen-bond donors (Lipinski definition) is 6. The van der Waals surface area contributed by atoms with E-state index >= 15 is 0 Å². The van der Waals surface area contributed by atoms with E-state index in [2.05, 4.69) is 0 Å². The fraction of sp³-hybridized carbons (Fsp3) is 0.826. The Hall–Kier alpha value is -3.88. The van der Waals surface area contributed by atoms with E-state index < -0.39 is 193 Å². The molecule has 23 heteroatoms. The van der Waals surface area contributed by atoms with Crippen molar-refractivity contribution in [2.45, 2.75) is 179 Å². The molecule has 2 rings (SSSR count). The molecule has 0 aliphatic carbocycles. The molecule has 23 nitrogen and oxygen atoms in total. The molecule has 0 aromatic carbocycles. The van der Waals surface area contributed by atoms with E-state index in [0.29, 0.717) is 0 Å². The quantitative estimate of drug-likeness (QED) is 0.0226. The average Bonchev–Trinajstić information content (AvgIpc) is 4.05. The van der Waals surface area contributed by atoms with Crippen molar-refractivity contribution in [3.8, 4) is 0 Å². The van der Waals surface area contributed by atoms with E-state index in [4.69, 9.17) is 57.2 Å². The van der Waals surface area contributed by atoms with Crippen LogP contribution in [0.2, 0.25) is 0 Å². The van der Waals surface area contributed by atoms with Crippen molar-refractivity contribution in [3.05, 3.63) is 12.2 Å². The molecule has 2 aliphatic heterocycles. The van der Waals surface area contributed by atoms with Crippen LogP contribution < -0.4 is 0 Å². The molecule has 0 amide bonds. The number of allylic oxidation sites excluding steroid dienone is 1. The molecule has 0 radical (unpaired) electrons. The molecular formula is C46H76O23. The molecule has 0 saturated carbocycles. The van der Waals surface area contributed by atoms with Crippen molar-refractivity contribution in [2.75, 3.05) is 52.9 Å². The largest absolute Gasteiger partial charge is 0.463 e. The highest BCUT2D eigenvalue weighted by molar-refractivity contribution is 5.72. The number of rotatable bonds is 31. The Morgan fingerprint density at radius 1 is 0.754 bits per heavy atom. The van der Waals surface area contributed by atoms with Gasteiger partial charge in [0.05, 0.1) is 126 Å². The van der Waals surface area contributed by atoms with E-state index in [1.807, 2.05) is 6.92 Å². The number of ether oxygens (including phenoxy) is 11. The summed E-state index contributed by atoms with van der Waals surface area (Å²) in [6.45, 7) is 9.08. The fourth-order valence-corrected chi connectivity index (χ4v) is 7.30. The van der Waals surface area contributed by atoms with Crippen molar-refractivity contribution in [1.29, 1.82) is 0 Å². The van der Waals surface area contributed by atoms with Crippen molar-refractivity contribution in [2.24, 2.45) is 11.8 Å². The van der Waals surface area contributed by atoms with Crippen LogP contribution >= 0.6 is 0 Å². The average molecular weight is 997 g/mol. The molecule has 16 atom stereocenters. The zero-order chi connectivity index (χ0) is 51.8. The zero-order valence-corrected chi connectivity index (χ0v) is 40.9. The summed E-state index contributed by atoms with van der Waals surface area (Å²) in [5.41, 5.74) is 0. The van der Waals surface area contributed by atoms with Crippen molar-refractivity contribution < 1.29 is 112 Å². The van der Waals surface area contributed by atoms with Crippen LogP contribution in [-0.2, 0) is 80.9 Å². The Balaban J connectivity index is 2.59. The summed E-state index contributed by atoms with van der Waals surface area (Å²) in [4.78, 5) is 77.5. The molecule has 2 saturated heterocycles. The number of esters is 6. The summed E-state index contributed by atoms with van der Waals surface area (Å²) in [5, 5.41) is 61.0. The molecule has 2 fully saturated rings. The van der Waals surface area contributed by atoms with Gasteiger partial charge in [-0.1, -0.05) is 32.9 Å². The summed E-state index contributed by atoms with van der Waals surface area (Å²) < 4.78 is 62.7. The normalized spacial score (nSPS) is 24.9. The molecule has 2 aliphatic rings. The highest BCUT2D eigenvalue weighted by Crippen LogP contribution is 2.35. The van der Waals surface area contributed by atoms with Crippen molar-refractivity contribution >= 4 is 35.8 Å². The second kappa shape index (κ2) is 32.2. The SMILES string of the molecule is CC=CC(C)C(O)C(OC(C)C(O)CC(=O)OCCO)C1CC(=O)OC(CO)COC(=O)CC(C(C)OC(C)C(CC(=O)OCCO)OC(CC(=O)OC(CO)COC(=O)CC)C(C)C2OC2C)O1. The summed E-state index contributed by atoms with van der Waals surface area (Å²) in [7, 11) is 0. The Morgan fingerprint density at radius 3 is 1.93 bits per heavy atom. The lowest BCUT2D eigenvalue weighted by atomic mass is 9.93. The van der Waals surface area contributed by atoms with Crippen LogP contribution in [0.15, 0.2) is 12.2 Å². The van der Waals surface area contributed by atoms with Crippen LogP contribution in [0.3, 0.4) is 0 Å². The first-order valence-electron chi connectivity index (χ1n) is 23.4. The molecule has 6 N–H and O–H groups in total. The fourth-order valence-electron chi connectivity index (χ4n) is 7.30. The van der Waals surface area contributed by atoms with Crippen molar-refractivity contribution in [3.63, 3.8) is 0 Å². The second-order valence-electron chi connectivity index (χ2n) is 17.1. The number of hydrogen-bond acceptors (Lipinski definition) is 23. The van der Waals surface area contributed by atoms with E-state index in [0.717, 1.165) is 0 Å². The predicted molar refractivity (Wildman–Crippen MR) is 236 cm³/mol. The van der Waals surface area contributed by atoms with Crippen LogP contribution in [0.4, 0.5) is 0 Å². The number of carbonyl (C=O) groups excluding carboxylic acids is 6. The van der Waals surface area contributed by atoms with Crippen LogP contribution in [0.5, 0.6) is 0 Å². The highest BCUT2D eigenvalue weighted by Gasteiger charge is 2.46. The zero-order valence-electron chi connectivity index (χ0n) is 40.9. The minimum Gasteiger partial charge on any atom is -0.463 e. The number of carbonyl (C=O) groups is 6. The van der Waals surface area contributed by atoms with Gasteiger partial charge in [0.25, 0.3) is 0 Å². The first-order chi connectivity index (χ1) is 32.7.